The van der Waals surface area contributed by atoms with Crippen LogP contribution in [0.4, 0.5) is 0 Å². The number of carbonyl (C=O) groups is 3. The highest BCUT2D eigenvalue weighted by atomic mass is 16.5. The van der Waals surface area contributed by atoms with Gasteiger partial charge in [0.2, 0.25) is 0 Å². The standard InChI is InChI=1S/C33H52O8/c1-19-13-16-33(27(37)41-10)17-23(34)31(6)20(25(33)32(19,7)38)11-12-22-29(4,18-24(35)39-8)21(14-15-30(22,31)5)28(2,3)26(36)40-9/h11,19,21-23,25,34,38H,12-18H2,1-10H3. The molecule has 0 saturated heterocycles. The first kappa shape index (κ1) is 32.0. The molecule has 0 aromatic heterocycles. The molecule has 0 aromatic rings. The number of carbonyl (C=O) groups excluding carboxylic acids is 3. The van der Waals surface area contributed by atoms with Crippen molar-refractivity contribution in [1.82, 2.24) is 0 Å². The summed E-state index contributed by atoms with van der Waals surface area (Å²) >= 11 is 0. The highest BCUT2D eigenvalue weighted by Gasteiger charge is 2.73. The number of methoxy groups -OCH3 is 3. The fourth-order valence-corrected chi connectivity index (χ4v) is 10.7. The van der Waals surface area contributed by atoms with Gasteiger partial charge >= 0.3 is 17.9 Å². The summed E-state index contributed by atoms with van der Waals surface area (Å²) in [5.41, 5.74) is -4.04. The molecule has 3 fully saturated rings. The van der Waals surface area contributed by atoms with Gasteiger partial charge in [0, 0.05) is 11.3 Å². The van der Waals surface area contributed by atoms with Gasteiger partial charge in [0.1, 0.15) is 0 Å². The number of aliphatic hydroxyl groups excluding tert-OH is 1. The minimum Gasteiger partial charge on any atom is -0.469 e. The van der Waals surface area contributed by atoms with Crippen molar-refractivity contribution < 1.29 is 38.8 Å². The molecule has 4 aliphatic carbocycles. The summed E-state index contributed by atoms with van der Waals surface area (Å²) in [5.74, 6) is -1.83. The molecule has 4 rings (SSSR count). The molecule has 8 heteroatoms. The van der Waals surface area contributed by atoms with Crippen molar-refractivity contribution in [2.24, 2.45) is 50.7 Å². The van der Waals surface area contributed by atoms with Crippen LogP contribution in [0, 0.1) is 50.7 Å². The SMILES string of the molecule is COC(=O)CC1(C)C(C(C)(C)C(=O)OC)CCC2(C)C1CC=C1C3C(C(=O)OC)(CCC(C)C3(C)O)CC(O)C12C. The summed E-state index contributed by atoms with van der Waals surface area (Å²) in [5, 5.41) is 24.3. The van der Waals surface area contributed by atoms with Gasteiger partial charge in [-0.15, -0.1) is 0 Å². The summed E-state index contributed by atoms with van der Waals surface area (Å²) < 4.78 is 15.8. The first-order chi connectivity index (χ1) is 18.9. The lowest BCUT2D eigenvalue weighted by Gasteiger charge is -2.71. The summed E-state index contributed by atoms with van der Waals surface area (Å²) in [6, 6.07) is 0. The second-order valence-electron chi connectivity index (χ2n) is 15.1. The predicted octanol–water partition coefficient (Wildman–Crippen LogP) is 4.85. The molecule has 0 heterocycles. The van der Waals surface area contributed by atoms with E-state index in [-0.39, 0.29) is 48.5 Å². The van der Waals surface area contributed by atoms with Gasteiger partial charge in [-0.25, -0.2) is 0 Å². The van der Waals surface area contributed by atoms with Gasteiger partial charge in [-0.05, 0) is 87.9 Å². The molecule has 0 bridgehead atoms. The number of fused-ring (bicyclic) bond motifs is 5. The molecule has 232 valence electrons. The molecular formula is C33H52O8. The average molecular weight is 577 g/mol. The van der Waals surface area contributed by atoms with Crippen LogP contribution in [0.15, 0.2) is 11.6 Å². The Bertz CT molecular complexity index is 1120. The summed E-state index contributed by atoms with van der Waals surface area (Å²) in [7, 11) is 4.17. The average Bonchev–Trinajstić information content (AvgIpc) is 2.90. The number of hydrogen-bond acceptors (Lipinski definition) is 8. The molecule has 0 spiro atoms. The highest BCUT2D eigenvalue weighted by Crippen LogP contribution is 2.75. The maximum atomic E-state index is 13.5. The molecule has 0 aromatic carbocycles. The van der Waals surface area contributed by atoms with E-state index in [0.29, 0.717) is 32.1 Å². The third kappa shape index (κ3) is 4.09. The Hall–Kier alpha value is -1.93. The van der Waals surface area contributed by atoms with E-state index >= 15 is 0 Å². The van der Waals surface area contributed by atoms with Crippen molar-refractivity contribution in [3.63, 3.8) is 0 Å². The maximum absolute atomic E-state index is 13.5. The normalized spacial score (nSPS) is 45.8. The van der Waals surface area contributed by atoms with Crippen molar-refractivity contribution >= 4 is 17.9 Å². The Morgan fingerprint density at radius 1 is 1.00 bits per heavy atom. The zero-order valence-electron chi connectivity index (χ0n) is 26.8. The second-order valence-corrected chi connectivity index (χ2v) is 15.1. The Morgan fingerprint density at radius 3 is 2.20 bits per heavy atom. The lowest BCUT2D eigenvalue weighted by molar-refractivity contribution is -0.231. The van der Waals surface area contributed by atoms with Crippen LogP contribution in [-0.2, 0) is 28.6 Å². The number of allylic oxidation sites excluding steroid dienone is 1. The fourth-order valence-electron chi connectivity index (χ4n) is 10.7. The quantitative estimate of drug-likeness (QED) is 0.271. The number of aliphatic hydroxyl groups is 2. The van der Waals surface area contributed by atoms with E-state index in [1.54, 1.807) is 0 Å². The van der Waals surface area contributed by atoms with Gasteiger partial charge in [-0.1, -0.05) is 39.3 Å². The third-order valence-electron chi connectivity index (χ3n) is 13.3. The van der Waals surface area contributed by atoms with Crippen molar-refractivity contribution in [2.75, 3.05) is 21.3 Å². The van der Waals surface area contributed by atoms with Crippen molar-refractivity contribution in [2.45, 2.75) is 105 Å². The molecule has 4 aliphatic rings. The van der Waals surface area contributed by atoms with Crippen LogP contribution in [0.3, 0.4) is 0 Å². The lowest BCUT2D eigenvalue weighted by Crippen LogP contribution is -2.70. The largest absolute Gasteiger partial charge is 0.469 e. The summed E-state index contributed by atoms with van der Waals surface area (Å²) in [4.78, 5) is 39.6. The van der Waals surface area contributed by atoms with Gasteiger partial charge in [0.15, 0.2) is 0 Å². The van der Waals surface area contributed by atoms with E-state index < -0.39 is 44.7 Å². The van der Waals surface area contributed by atoms with Crippen LogP contribution >= 0.6 is 0 Å². The van der Waals surface area contributed by atoms with Gasteiger partial charge in [-0.2, -0.15) is 0 Å². The molecular weight excluding hydrogens is 524 g/mol. The van der Waals surface area contributed by atoms with Crippen LogP contribution in [0.2, 0.25) is 0 Å². The highest BCUT2D eigenvalue weighted by molar-refractivity contribution is 5.79. The minimum atomic E-state index is -1.18. The van der Waals surface area contributed by atoms with E-state index in [1.807, 2.05) is 27.7 Å². The predicted molar refractivity (Wildman–Crippen MR) is 153 cm³/mol. The Kier molecular flexibility index (Phi) is 7.86. The summed E-state index contributed by atoms with van der Waals surface area (Å²) in [6.45, 7) is 14.1. The monoisotopic (exact) mass is 576 g/mol. The van der Waals surface area contributed by atoms with E-state index in [0.717, 1.165) is 5.57 Å². The number of esters is 3. The van der Waals surface area contributed by atoms with Gasteiger partial charge in [-0.3, -0.25) is 14.4 Å². The molecule has 8 nitrogen and oxygen atoms in total. The Morgan fingerprint density at radius 2 is 1.63 bits per heavy atom. The smallest absolute Gasteiger partial charge is 0.312 e. The van der Waals surface area contributed by atoms with E-state index in [1.165, 1.54) is 21.3 Å². The number of rotatable bonds is 5. The van der Waals surface area contributed by atoms with Crippen LogP contribution in [0.25, 0.3) is 0 Å². The zero-order valence-corrected chi connectivity index (χ0v) is 26.8. The first-order valence-corrected chi connectivity index (χ1v) is 15.2. The van der Waals surface area contributed by atoms with E-state index in [2.05, 4.69) is 26.8 Å². The van der Waals surface area contributed by atoms with E-state index in [4.69, 9.17) is 14.2 Å². The topological polar surface area (TPSA) is 119 Å². The van der Waals surface area contributed by atoms with Crippen molar-refractivity contribution in [1.29, 1.82) is 0 Å². The molecule has 41 heavy (non-hydrogen) atoms. The molecule has 2 N–H and O–H groups in total. The third-order valence-corrected chi connectivity index (χ3v) is 13.3. The molecule has 0 radical (unpaired) electrons. The Balaban J connectivity index is 1.94. The van der Waals surface area contributed by atoms with Crippen LogP contribution in [0.1, 0.15) is 93.4 Å². The first-order valence-electron chi connectivity index (χ1n) is 15.2. The maximum Gasteiger partial charge on any atom is 0.312 e. The number of ether oxygens (including phenoxy) is 3. The lowest BCUT2D eigenvalue weighted by atomic mass is 9.33. The van der Waals surface area contributed by atoms with Gasteiger partial charge in [0.25, 0.3) is 0 Å². The minimum absolute atomic E-state index is 0.0441. The molecule has 10 atom stereocenters. The molecule has 0 aliphatic heterocycles. The number of hydrogen-bond donors (Lipinski definition) is 2. The van der Waals surface area contributed by atoms with Crippen LogP contribution in [-0.4, -0.2) is 61.2 Å². The fraction of sp³-hybridized carbons (Fsp3) is 0.848. The molecule has 10 unspecified atom stereocenters. The van der Waals surface area contributed by atoms with Gasteiger partial charge in [0.05, 0.1) is 50.3 Å². The summed E-state index contributed by atoms with van der Waals surface area (Å²) in [6.07, 6.45) is 4.77. The van der Waals surface area contributed by atoms with E-state index in [9.17, 15) is 24.6 Å². The molecule has 0 amide bonds. The van der Waals surface area contributed by atoms with Gasteiger partial charge < -0.3 is 24.4 Å². The van der Waals surface area contributed by atoms with Crippen molar-refractivity contribution in [3.05, 3.63) is 11.6 Å². The van der Waals surface area contributed by atoms with Crippen LogP contribution in [0.5, 0.6) is 0 Å². The van der Waals surface area contributed by atoms with Crippen molar-refractivity contribution in [3.8, 4) is 0 Å². The van der Waals surface area contributed by atoms with Crippen LogP contribution < -0.4 is 0 Å². The second kappa shape index (κ2) is 10.1. The zero-order chi connectivity index (χ0) is 31.0. The Labute approximate surface area is 245 Å². The molecule has 3 saturated carbocycles.